The van der Waals surface area contributed by atoms with Crippen LogP contribution in [0.5, 0.6) is 11.5 Å². The van der Waals surface area contributed by atoms with Crippen LogP contribution in [0.4, 0.5) is 5.82 Å². The van der Waals surface area contributed by atoms with Crippen LogP contribution in [-0.4, -0.2) is 78.7 Å². The number of hydrogen-bond acceptors (Lipinski definition) is 10. The number of ether oxygens (including phenoxy) is 1. The van der Waals surface area contributed by atoms with Gasteiger partial charge in [-0.2, -0.15) is 5.10 Å². The number of nitrogens with two attached hydrogens (primary N) is 1. The summed E-state index contributed by atoms with van der Waals surface area (Å²) in [5, 5.41) is 8.27. The van der Waals surface area contributed by atoms with Gasteiger partial charge in [0, 0.05) is 42.1 Å². The number of hydrogen-bond donors (Lipinski definition) is 2. The molecule has 3 aliphatic heterocycles. The lowest BCUT2D eigenvalue weighted by atomic mass is 10.0. The predicted octanol–water partition coefficient (Wildman–Crippen LogP) is 7.01. The third kappa shape index (κ3) is 8.08. The number of imide groups is 1. The van der Waals surface area contributed by atoms with Crippen LogP contribution in [0.3, 0.4) is 0 Å². The van der Waals surface area contributed by atoms with Crippen molar-refractivity contribution in [1.29, 1.82) is 0 Å². The molecule has 12 nitrogen and oxygen atoms in total. The van der Waals surface area contributed by atoms with E-state index in [2.05, 4.69) is 30.9 Å². The molecule has 3 amide bonds. The molecule has 3 aromatic carbocycles. The van der Waals surface area contributed by atoms with Crippen molar-refractivity contribution >= 4 is 46.3 Å². The summed E-state index contributed by atoms with van der Waals surface area (Å²) in [5.74, 6) is 2.21. The van der Waals surface area contributed by atoms with Gasteiger partial charge in [-0.1, -0.05) is 43.5 Å². The summed E-state index contributed by atoms with van der Waals surface area (Å²) in [6, 6.07) is 23.2. The number of nitrogens with one attached hydrogen (secondary N) is 1. The summed E-state index contributed by atoms with van der Waals surface area (Å²) in [7, 11) is 0. The number of aromatic nitrogens is 4. The van der Waals surface area contributed by atoms with E-state index in [0.29, 0.717) is 24.3 Å². The van der Waals surface area contributed by atoms with Crippen LogP contribution < -0.4 is 15.8 Å². The van der Waals surface area contributed by atoms with Gasteiger partial charge in [0.25, 0.3) is 5.91 Å². The summed E-state index contributed by atoms with van der Waals surface area (Å²) in [6.45, 7) is 3.57. The van der Waals surface area contributed by atoms with Crippen LogP contribution in [0, 0.1) is 0 Å². The van der Waals surface area contributed by atoms with Gasteiger partial charge in [0.1, 0.15) is 35.4 Å². The van der Waals surface area contributed by atoms with Crippen molar-refractivity contribution in [2.45, 2.75) is 81.3 Å². The number of nitrogen functional groups attached to an aromatic ring is 1. The van der Waals surface area contributed by atoms with Gasteiger partial charge < -0.3 is 20.3 Å². The molecule has 2 fully saturated rings. The third-order valence-corrected chi connectivity index (χ3v) is 12.1. The molecule has 2 saturated heterocycles. The maximum Gasteiger partial charge on any atom is 0.255 e. The molecule has 2 aromatic heterocycles. The zero-order valence-electron chi connectivity index (χ0n) is 30.9. The molecular formula is C42H46N8O4S. The molecule has 0 radical (unpaired) electrons. The van der Waals surface area contributed by atoms with E-state index in [9.17, 15) is 14.4 Å². The van der Waals surface area contributed by atoms with Crippen molar-refractivity contribution in [3.63, 3.8) is 0 Å². The van der Waals surface area contributed by atoms with Crippen molar-refractivity contribution in [2.24, 2.45) is 0 Å². The molecule has 5 aromatic rings. The Morgan fingerprint density at radius 1 is 0.836 bits per heavy atom. The summed E-state index contributed by atoms with van der Waals surface area (Å²) in [5.41, 5.74) is 10.6. The predicted molar refractivity (Wildman–Crippen MR) is 213 cm³/mol. The van der Waals surface area contributed by atoms with E-state index < -0.39 is 6.04 Å². The number of benzene rings is 3. The molecule has 1 unspecified atom stereocenters. The second-order valence-electron chi connectivity index (χ2n) is 14.6. The van der Waals surface area contributed by atoms with Crippen LogP contribution in [0.15, 0.2) is 84.0 Å². The average molecular weight is 759 g/mol. The number of carbonyl (C=O) groups is 3. The number of carbonyl (C=O) groups excluding carboxylic acids is 3. The fourth-order valence-electron chi connectivity index (χ4n) is 7.99. The molecule has 0 aliphatic carbocycles. The third-order valence-electron chi connectivity index (χ3n) is 10.9. The summed E-state index contributed by atoms with van der Waals surface area (Å²) >= 11 is 1.80. The zero-order chi connectivity index (χ0) is 37.7. The fourth-order valence-corrected chi connectivity index (χ4v) is 9.08. The van der Waals surface area contributed by atoms with E-state index in [0.717, 1.165) is 88.9 Å². The Kier molecular flexibility index (Phi) is 11.1. The van der Waals surface area contributed by atoms with Gasteiger partial charge in [-0.3, -0.25) is 19.7 Å². The van der Waals surface area contributed by atoms with Crippen molar-refractivity contribution in [3.05, 3.63) is 90.3 Å². The molecule has 13 heteroatoms. The van der Waals surface area contributed by atoms with Crippen molar-refractivity contribution in [3.8, 4) is 22.8 Å². The first-order valence-electron chi connectivity index (χ1n) is 19.4. The molecule has 0 bridgehead atoms. The van der Waals surface area contributed by atoms with E-state index in [1.165, 1.54) is 32.0 Å². The molecule has 55 heavy (non-hydrogen) atoms. The largest absolute Gasteiger partial charge is 0.457 e. The van der Waals surface area contributed by atoms with Crippen LogP contribution in [0.1, 0.15) is 79.8 Å². The summed E-state index contributed by atoms with van der Waals surface area (Å²) < 4.78 is 8.07. The Morgan fingerprint density at radius 3 is 2.40 bits per heavy atom. The smallest absolute Gasteiger partial charge is 0.255 e. The van der Waals surface area contributed by atoms with E-state index >= 15 is 0 Å². The number of fused-ring (bicyclic) bond motifs is 2. The van der Waals surface area contributed by atoms with Crippen molar-refractivity contribution in [1.82, 2.24) is 34.9 Å². The van der Waals surface area contributed by atoms with Gasteiger partial charge in [-0.15, -0.1) is 11.8 Å². The monoisotopic (exact) mass is 758 g/mol. The second kappa shape index (κ2) is 16.6. The average Bonchev–Trinajstić information content (AvgIpc) is 3.76. The molecule has 3 N–H and O–H groups in total. The first kappa shape index (κ1) is 36.7. The Bertz CT molecular complexity index is 2170. The van der Waals surface area contributed by atoms with Crippen molar-refractivity contribution < 1.29 is 19.1 Å². The number of anilines is 1. The maximum atomic E-state index is 13.1. The molecule has 284 valence electrons. The van der Waals surface area contributed by atoms with Gasteiger partial charge in [-0.05, 0) is 98.5 Å². The van der Waals surface area contributed by atoms with Crippen LogP contribution >= 0.6 is 11.8 Å². The maximum absolute atomic E-state index is 13.1. The number of rotatable bonds is 14. The molecule has 8 rings (SSSR count). The van der Waals surface area contributed by atoms with Crippen molar-refractivity contribution in [2.75, 3.05) is 31.1 Å². The van der Waals surface area contributed by atoms with Gasteiger partial charge in [-0.25, -0.2) is 14.6 Å². The molecule has 0 spiro atoms. The quantitative estimate of drug-likeness (QED) is 0.0689. The Labute approximate surface area is 324 Å². The van der Waals surface area contributed by atoms with E-state index in [-0.39, 0.29) is 30.2 Å². The number of nitrogens with zero attached hydrogens (tertiary/aromatic N) is 6. The standard InChI is InChI=1S/C42H46N8O4S/c43-39-37-38(28-14-16-31(17-15-28)54-30-10-5-4-6-11-30)47-50(40(37)45-27-44-39)29-20-23-48(24-21-29)22-7-2-1-3-8-25-55-35-13-9-12-32-33(35)26-49(42(32)53)34-18-19-36(51)46-41(34)52/h4-6,9-17,27,29,34H,1-3,7-8,18-26H2,(H2,43,44,45)(H,46,51,52). The lowest BCUT2D eigenvalue weighted by Gasteiger charge is -2.32. The van der Waals surface area contributed by atoms with Crippen LogP contribution in [0.2, 0.25) is 0 Å². The fraction of sp³-hybridized carbons (Fsp3) is 0.381. The van der Waals surface area contributed by atoms with Gasteiger partial charge in [0.15, 0.2) is 5.65 Å². The second-order valence-corrected chi connectivity index (χ2v) is 15.7. The molecular weight excluding hydrogens is 713 g/mol. The number of piperidine rings is 2. The lowest BCUT2D eigenvalue weighted by Crippen LogP contribution is -2.52. The Hall–Kier alpha value is -5.27. The number of unbranched alkanes of at least 4 members (excludes halogenated alkanes) is 4. The van der Waals surface area contributed by atoms with Crippen LogP contribution in [0.25, 0.3) is 22.3 Å². The highest BCUT2D eigenvalue weighted by atomic mass is 32.2. The first-order valence-corrected chi connectivity index (χ1v) is 20.4. The minimum Gasteiger partial charge on any atom is -0.457 e. The van der Waals surface area contributed by atoms with E-state index in [1.54, 1.807) is 16.7 Å². The summed E-state index contributed by atoms with van der Waals surface area (Å²) in [4.78, 5) is 51.4. The van der Waals surface area contributed by atoms with Gasteiger partial charge in [0.05, 0.1) is 11.4 Å². The molecule has 5 heterocycles. The highest BCUT2D eigenvalue weighted by Crippen LogP contribution is 2.37. The Morgan fingerprint density at radius 2 is 1.60 bits per heavy atom. The molecule has 3 aliphatic rings. The number of likely N-dealkylation sites (tertiary alicyclic amines) is 1. The van der Waals surface area contributed by atoms with Gasteiger partial charge in [0.2, 0.25) is 11.8 Å². The number of thioether (sulfide) groups is 1. The minimum atomic E-state index is -0.585. The highest BCUT2D eigenvalue weighted by molar-refractivity contribution is 7.99. The highest BCUT2D eigenvalue weighted by Gasteiger charge is 2.39. The SMILES string of the molecule is Nc1ncnc2c1c(-c1ccc(Oc3ccccc3)cc1)nn2C1CCN(CCCCCCCSc2cccc3c2CN(C2CCC(=O)NC2=O)C3=O)CC1. The summed E-state index contributed by atoms with van der Waals surface area (Å²) in [6.07, 6.45) is 10.1. The number of amides is 3. The lowest BCUT2D eigenvalue weighted by molar-refractivity contribution is -0.136. The molecule has 0 saturated carbocycles. The van der Waals surface area contributed by atoms with Crippen LogP contribution in [-0.2, 0) is 16.1 Å². The normalized spacial score (nSPS) is 17.9. The topological polar surface area (TPSA) is 149 Å². The molecule has 1 atom stereocenters. The first-order chi connectivity index (χ1) is 26.9. The number of para-hydroxylation sites is 1. The minimum absolute atomic E-state index is 0.118. The van der Waals surface area contributed by atoms with E-state index in [4.69, 9.17) is 15.6 Å². The van der Waals surface area contributed by atoms with Gasteiger partial charge >= 0.3 is 0 Å². The zero-order valence-corrected chi connectivity index (χ0v) is 31.7. The Balaban J connectivity index is 0.772. The van der Waals surface area contributed by atoms with E-state index in [1.807, 2.05) is 66.7 Å².